The van der Waals surface area contributed by atoms with Crippen molar-refractivity contribution in [3.8, 4) is 0 Å². The topological polar surface area (TPSA) is 44.7 Å². The van der Waals surface area contributed by atoms with Gasteiger partial charge in [-0.1, -0.05) is 17.7 Å². The molecule has 1 saturated heterocycles. The number of halogens is 1. The lowest BCUT2D eigenvalue weighted by Gasteiger charge is -2.22. The summed E-state index contributed by atoms with van der Waals surface area (Å²) in [4.78, 5) is 2.41. The number of rotatable bonds is 8. The summed E-state index contributed by atoms with van der Waals surface area (Å²) in [6.45, 7) is 4.08. The monoisotopic (exact) mass is 312 g/mol. The SMILES string of the molecule is COCC(O)CCNCc1c(Cl)cccc1N1CCCC1. The lowest BCUT2D eigenvalue weighted by Crippen LogP contribution is -2.25. The maximum absolute atomic E-state index is 9.63. The third-order valence-electron chi connectivity index (χ3n) is 3.86. The standard InChI is InChI=1S/C16H25ClN2O2/c1-21-12-13(20)7-8-18-11-14-15(17)5-4-6-16(14)19-9-2-3-10-19/h4-6,13,18,20H,2-3,7-12H2,1H3. The second-order valence-electron chi connectivity index (χ2n) is 5.51. The predicted molar refractivity (Wildman–Crippen MR) is 87.1 cm³/mol. The Morgan fingerprint density at radius 1 is 1.38 bits per heavy atom. The van der Waals surface area contributed by atoms with E-state index in [1.165, 1.54) is 18.5 Å². The van der Waals surface area contributed by atoms with E-state index in [2.05, 4.69) is 16.3 Å². The molecule has 1 heterocycles. The van der Waals surface area contributed by atoms with Crippen molar-refractivity contribution in [1.82, 2.24) is 5.32 Å². The van der Waals surface area contributed by atoms with E-state index in [4.69, 9.17) is 16.3 Å². The van der Waals surface area contributed by atoms with E-state index in [0.717, 1.165) is 36.8 Å². The molecule has 118 valence electrons. The van der Waals surface area contributed by atoms with Gasteiger partial charge in [0.25, 0.3) is 0 Å². The van der Waals surface area contributed by atoms with Crippen LogP contribution in [-0.2, 0) is 11.3 Å². The molecule has 1 unspecified atom stereocenters. The zero-order valence-corrected chi connectivity index (χ0v) is 13.4. The van der Waals surface area contributed by atoms with Crippen LogP contribution in [0.3, 0.4) is 0 Å². The van der Waals surface area contributed by atoms with Gasteiger partial charge in [-0.25, -0.2) is 0 Å². The highest BCUT2D eigenvalue weighted by Crippen LogP contribution is 2.29. The van der Waals surface area contributed by atoms with Gasteiger partial charge in [-0.3, -0.25) is 0 Å². The molecular weight excluding hydrogens is 288 g/mol. The average Bonchev–Trinajstić information content (AvgIpc) is 2.99. The normalized spacial score (nSPS) is 16.4. The van der Waals surface area contributed by atoms with Gasteiger partial charge in [-0.2, -0.15) is 0 Å². The number of anilines is 1. The van der Waals surface area contributed by atoms with Crippen LogP contribution in [0.25, 0.3) is 0 Å². The molecule has 5 heteroatoms. The van der Waals surface area contributed by atoms with Crippen LogP contribution >= 0.6 is 11.6 Å². The van der Waals surface area contributed by atoms with Gasteiger partial charge in [-0.05, 0) is 37.9 Å². The van der Waals surface area contributed by atoms with Crippen LogP contribution in [0.2, 0.25) is 5.02 Å². The summed E-state index contributed by atoms with van der Waals surface area (Å²) < 4.78 is 4.92. The van der Waals surface area contributed by atoms with E-state index >= 15 is 0 Å². The maximum Gasteiger partial charge on any atom is 0.0785 e. The summed E-state index contributed by atoms with van der Waals surface area (Å²) in [5, 5.41) is 13.8. The molecule has 0 bridgehead atoms. The summed E-state index contributed by atoms with van der Waals surface area (Å²) in [5.74, 6) is 0. The van der Waals surface area contributed by atoms with Gasteiger partial charge < -0.3 is 20.1 Å². The Kier molecular flexibility index (Phi) is 6.77. The summed E-state index contributed by atoms with van der Waals surface area (Å²) in [6.07, 6.45) is 2.77. The minimum atomic E-state index is -0.410. The van der Waals surface area contributed by atoms with Crippen molar-refractivity contribution in [2.24, 2.45) is 0 Å². The minimum absolute atomic E-state index is 0.382. The first kappa shape index (κ1) is 16.6. The number of benzene rings is 1. The first-order valence-electron chi connectivity index (χ1n) is 7.62. The predicted octanol–water partition coefficient (Wildman–Crippen LogP) is 2.43. The molecule has 0 spiro atoms. The second kappa shape index (κ2) is 8.59. The molecule has 21 heavy (non-hydrogen) atoms. The molecule has 4 nitrogen and oxygen atoms in total. The van der Waals surface area contributed by atoms with E-state index in [1.807, 2.05) is 12.1 Å². The van der Waals surface area contributed by atoms with Crippen LogP contribution < -0.4 is 10.2 Å². The van der Waals surface area contributed by atoms with E-state index in [-0.39, 0.29) is 0 Å². The smallest absolute Gasteiger partial charge is 0.0785 e. The number of methoxy groups -OCH3 is 1. The second-order valence-corrected chi connectivity index (χ2v) is 5.91. The molecule has 2 rings (SSSR count). The molecule has 1 atom stereocenters. The summed E-state index contributed by atoms with van der Waals surface area (Å²) in [7, 11) is 1.60. The molecule has 0 saturated carbocycles. The number of hydrogen-bond donors (Lipinski definition) is 2. The van der Waals surface area contributed by atoms with Gasteiger partial charge in [0.15, 0.2) is 0 Å². The lowest BCUT2D eigenvalue weighted by atomic mass is 10.1. The Morgan fingerprint density at radius 2 is 2.14 bits per heavy atom. The quantitative estimate of drug-likeness (QED) is 0.724. The Morgan fingerprint density at radius 3 is 2.86 bits per heavy atom. The zero-order valence-electron chi connectivity index (χ0n) is 12.6. The molecule has 0 aromatic heterocycles. The van der Waals surface area contributed by atoms with Crippen LogP contribution in [0.5, 0.6) is 0 Å². The van der Waals surface area contributed by atoms with Gasteiger partial charge in [0.1, 0.15) is 0 Å². The maximum atomic E-state index is 9.63. The van der Waals surface area contributed by atoms with Crippen molar-refractivity contribution < 1.29 is 9.84 Å². The molecule has 1 aliphatic heterocycles. The molecule has 1 aliphatic rings. The fraction of sp³-hybridized carbons (Fsp3) is 0.625. The third kappa shape index (κ3) is 4.85. The number of hydrogen-bond acceptors (Lipinski definition) is 4. The Labute approximate surface area is 132 Å². The average molecular weight is 313 g/mol. The van der Waals surface area contributed by atoms with Crippen molar-refractivity contribution in [2.75, 3.05) is 38.3 Å². The van der Waals surface area contributed by atoms with E-state index in [1.54, 1.807) is 7.11 Å². The lowest BCUT2D eigenvalue weighted by molar-refractivity contribution is 0.0594. The number of nitrogens with one attached hydrogen (secondary N) is 1. The first-order chi connectivity index (χ1) is 10.2. The number of ether oxygens (including phenoxy) is 1. The van der Waals surface area contributed by atoms with Gasteiger partial charge in [0, 0.05) is 43.0 Å². The fourth-order valence-electron chi connectivity index (χ4n) is 2.73. The summed E-state index contributed by atoms with van der Waals surface area (Å²) >= 11 is 6.36. The molecule has 1 aromatic carbocycles. The van der Waals surface area contributed by atoms with E-state index < -0.39 is 6.10 Å². The Hall–Kier alpha value is -0.810. The van der Waals surface area contributed by atoms with Crippen molar-refractivity contribution in [1.29, 1.82) is 0 Å². The van der Waals surface area contributed by atoms with E-state index in [9.17, 15) is 5.11 Å². The molecule has 1 fully saturated rings. The number of aliphatic hydroxyl groups is 1. The van der Waals surface area contributed by atoms with E-state index in [0.29, 0.717) is 13.0 Å². The minimum Gasteiger partial charge on any atom is -0.391 e. The number of aliphatic hydroxyl groups excluding tert-OH is 1. The van der Waals surface area contributed by atoms with Crippen LogP contribution in [-0.4, -0.2) is 44.6 Å². The molecular formula is C16H25ClN2O2. The fourth-order valence-corrected chi connectivity index (χ4v) is 2.97. The molecule has 1 aromatic rings. The molecule has 0 aliphatic carbocycles. The first-order valence-corrected chi connectivity index (χ1v) is 8.00. The van der Waals surface area contributed by atoms with Crippen LogP contribution in [0.4, 0.5) is 5.69 Å². The summed E-state index contributed by atoms with van der Waals surface area (Å²) in [6, 6.07) is 6.10. The van der Waals surface area contributed by atoms with Crippen molar-refractivity contribution in [2.45, 2.75) is 31.9 Å². The van der Waals surface area contributed by atoms with Crippen molar-refractivity contribution in [3.63, 3.8) is 0 Å². The molecule has 0 amide bonds. The number of nitrogens with zero attached hydrogens (tertiary/aromatic N) is 1. The Balaban J connectivity index is 1.89. The van der Waals surface area contributed by atoms with Crippen LogP contribution in [0.1, 0.15) is 24.8 Å². The summed E-state index contributed by atoms with van der Waals surface area (Å²) in [5.41, 5.74) is 2.40. The zero-order chi connectivity index (χ0) is 15.1. The molecule has 2 N–H and O–H groups in total. The van der Waals surface area contributed by atoms with Gasteiger partial charge in [0.05, 0.1) is 12.7 Å². The largest absolute Gasteiger partial charge is 0.391 e. The van der Waals surface area contributed by atoms with Gasteiger partial charge in [0.2, 0.25) is 0 Å². The van der Waals surface area contributed by atoms with Gasteiger partial charge >= 0.3 is 0 Å². The van der Waals surface area contributed by atoms with Crippen molar-refractivity contribution >= 4 is 17.3 Å². The van der Waals surface area contributed by atoms with Crippen LogP contribution in [0, 0.1) is 0 Å². The Bertz CT molecular complexity index is 436. The highest BCUT2D eigenvalue weighted by Gasteiger charge is 2.17. The van der Waals surface area contributed by atoms with Crippen LogP contribution in [0.15, 0.2) is 18.2 Å². The molecule has 0 radical (unpaired) electrons. The highest BCUT2D eigenvalue weighted by molar-refractivity contribution is 6.31. The van der Waals surface area contributed by atoms with Gasteiger partial charge in [-0.15, -0.1) is 0 Å². The van der Waals surface area contributed by atoms with Crippen molar-refractivity contribution in [3.05, 3.63) is 28.8 Å². The highest BCUT2D eigenvalue weighted by atomic mass is 35.5. The third-order valence-corrected chi connectivity index (χ3v) is 4.21.